The molecule has 1 atom stereocenters. The zero-order chi connectivity index (χ0) is 19.1. The highest BCUT2D eigenvalue weighted by Crippen LogP contribution is 2.15. The molecule has 0 saturated carbocycles. The van der Waals surface area contributed by atoms with E-state index in [0.29, 0.717) is 6.54 Å². The quantitative estimate of drug-likeness (QED) is 0.821. The summed E-state index contributed by atoms with van der Waals surface area (Å²) in [6.45, 7) is 5.89. The molecular weight excluding hydrogens is 334 g/mol. The molecule has 2 aromatic rings. The number of hydrogen-bond acceptors (Lipinski definition) is 3. The maximum Gasteiger partial charge on any atom is 0.241 e. The molecular formula is C23H31N3O. The summed E-state index contributed by atoms with van der Waals surface area (Å²) in [6, 6.07) is 15.7. The maximum atomic E-state index is 12.4. The van der Waals surface area contributed by atoms with Gasteiger partial charge in [-0.1, -0.05) is 66.9 Å². The Morgan fingerprint density at radius 1 is 1.04 bits per heavy atom. The Hall–Kier alpha value is -2.17. The van der Waals surface area contributed by atoms with Gasteiger partial charge in [-0.2, -0.15) is 0 Å². The van der Waals surface area contributed by atoms with E-state index < -0.39 is 6.04 Å². The second-order valence-corrected chi connectivity index (χ2v) is 7.62. The average Bonchev–Trinajstić information content (AvgIpc) is 2.95. The van der Waals surface area contributed by atoms with Crippen LogP contribution < -0.4 is 11.1 Å². The molecule has 0 bridgehead atoms. The van der Waals surface area contributed by atoms with Gasteiger partial charge in [-0.15, -0.1) is 0 Å². The molecule has 4 nitrogen and oxygen atoms in total. The molecule has 3 rings (SSSR count). The number of aryl methyl sites for hydroxylation is 1. The molecule has 1 unspecified atom stereocenters. The minimum Gasteiger partial charge on any atom is -0.350 e. The van der Waals surface area contributed by atoms with Crippen molar-refractivity contribution in [3.8, 4) is 0 Å². The fraction of sp³-hybridized carbons (Fsp3) is 0.435. The lowest BCUT2D eigenvalue weighted by Gasteiger charge is -2.20. The molecule has 1 amide bonds. The number of carbonyl (C=O) groups is 1. The molecule has 27 heavy (non-hydrogen) atoms. The standard InChI is InChI=1S/C23H31N3O/c1-18-9-11-21(12-10-18)22(24)23(27)25-16-19-7-6-8-20(15-19)17-26-13-4-2-3-5-14-26/h6-12,15,22H,2-5,13-14,16-17,24H2,1H3,(H,25,27). The molecule has 144 valence electrons. The van der Waals surface area contributed by atoms with Crippen LogP contribution in [0.15, 0.2) is 48.5 Å². The number of carbonyl (C=O) groups excluding carboxylic acids is 1. The predicted molar refractivity (Wildman–Crippen MR) is 110 cm³/mol. The minimum atomic E-state index is -0.633. The summed E-state index contributed by atoms with van der Waals surface area (Å²) in [5, 5.41) is 2.98. The van der Waals surface area contributed by atoms with Crippen LogP contribution in [0.3, 0.4) is 0 Å². The van der Waals surface area contributed by atoms with Gasteiger partial charge >= 0.3 is 0 Å². The van der Waals surface area contributed by atoms with Crippen molar-refractivity contribution < 1.29 is 4.79 Å². The highest BCUT2D eigenvalue weighted by molar-refractivity contribution is 5.82. The average molecular weight is 366 g/mol. The van der Waals surface area contributed by atoms with Crippen molar-refractivity contribution in [1.82, 2.24) is 10.2 Å². The van der Waals surface area contributed by atoms with Gasteiger partial charge in [-0.05, 0) is 49.5 Å². The van der Waals surface area contributed by atoms with Gasteiger partial charge in [0, 0.05) is 13.1 Å². The van der Waals surface area contributed by atoms with Crippen LogP contribution in [0, 0.1) is 6.92 Å². The molecule has 2 aromatic carbocycles. The van der Waals surface area contributed by atoms with Crippen molar-refractivity contribution in [3.05, 3.63) is 70.8 Å². The summed E-state index contributed by atoms with van der Waals surface area (Å²) in [4.78, 5) is 14.9. The Kier molecular flexibility index (Phi) is 7.02. The summed E-state index contributed by atoms with van der Waals surface area (Å²) in [5.41, 5.74) is 10.5. The summed E-state index contributed by atoms with van der Waals surface area (Å²) < 4.78 is 0. The molecule has 1 aliphatic heterocycles. The Morgan fingerprint density at radius 3 is 2.41 bits per heavy atom. The first kappa shape index (κ1) is 19.6. The summed E-state index contributed by atoms with van der Waals surface area (Å²) in [6.07, 6.45) is 5.30. The number of amides is 1. The predicted octanol–water partition coefficient (Wildman–Crippen LogP) is 3.69. The monoisotopic (exact) mass is 365 g/mol. The van der Waals surface area contributed by atoms with E-state index >= 15 is 0 Å². The van der Waals surface area contributed by atoms with Crippen molar-refractivity contribution >= 4 is 5.91 Å². The summed E-state index contributed by atoms with van der Waals surface area (Å²) in [5.74, 6) is -0.142. The normalized spacial score (nSPS) is 16.5. The molecule has 0 aliphatic carbocycles. The number of rotatable bonds is 6. The first-order chi connectivity index (χ1) is 13.1. The molecule has 0 radical (unpaired) electrons. The zero-order valence-corrected chi connectivity index (χ0v) is 16.3. The lowest BCUT2D eigenvalue weighted by molar-refractivity contribution is -0.122. The first-order valence-electron chi connectivity index (χ1n) is 10.0. The van der Waals surface area contributed by atoms with Gasteiger partial charge in [0.25, 0.3) is 0 Å². The minimum absolute atomic E-state index is 0.142. The van der Waals surface area contributed by atoms with E-state index in [1.165, 1.54) is 44.3 Å². The molecule has 1 saturated heterocycles. The van der Waals surface area contributed by atoms with Crippen LogP contribution in [-0.4, -0.2) is 23.9 Å². The van der Waals surface area contributed by atoms with E-state index in [1.807, 2.05) is 31.2 Å². The van der Waals surface area contributed by atoms with Gasteiger partial charge < -0.3 is 11.1 Å². The van der Waals surface area contributed by atoms with Crippen molar-refractivity contribution in [2.45, 2.75) is 51.7 Å². The lowest BCUT2D eigenvalue weighted by atomic mass is 10.0. The maximum absolute atomic E-state index is 12.4. The number of nitrogens with zero attached hydrogens (tertiary/aromatic N) is 1. The smallest absolute Gasteiger partial charge is 0.241 e. The second kappa shape index (κ2) is 9.67. The van der Waals surface area contributed by atoms with Crippen molar-refractivity contribution in [3.63, 3.8) is 0 Å². The van der Waals surface area contributed by atoms with Crippen LogP contribution in [0.2, 0.25) is 0 Å². The molecule has 3 N–H and O–H groups in total. The van der Waals surface area contributed by atoms with Gasteiger partial charge in [0.15, 0.2) is 0 Å². The topological polar surface area (TPSA) is 58.4 Å². The van der Waals surface area contributed by atoms with Crippen LogP contribution in [0.5, 0.6) is 0 Å². The Morgan fingerprint density at radius 2 is 1.70 bits per heavy atom. The van der Waals surface area contributed by atoms with E-state index in [-0.39, 0.29) is 5.91 Å². The molecule has 4 heteroatoms. The van der Waals surface area contributed by atoms with Gasteiger partial charge in [-0.3, -0.25) is 9.69 Å². The van der Waals surface area contributed by atoms with Crippen LogP contribution in [0.4, 0.5) is 0 Å². The molecule has 0 aromatic heterocycles. The van der Waals surface area contributed by atoms with Crippen LogP contribution >= 0.6 is 0 Å². The Balaban J connectivity index is 1.54. The lowest BCUT2D eigenvalue weighted by Crippen LogP contribution is -2.33. The van der Waals surface area contributed by atoms with E-state index in [4.69, 9.17) is 5.73 Å². The van der Waals surface area contributed by atoms with E-state index in [0.717, 1.165) is 23.2 Å². The van der Waals surface area contributed by atoms with E-state index in [1.54, 1.807) is 0 Å². The fourth-order valence-corrected chi connectivity index (χ4v) is 3.61. The Labute approximate surface area is 162 Å². The molecule has 1 heterocycles. The zero-order valence-electron chi connectivity index (χ0n) is 16.3. The highest BCUT2D eigenvalue weighted by atomic mass is 16.2. The number of nitrogens with one attached hydrogen (secondary N) is 1. The van der Waals surface area contributed by atoms with Crippen LogP contribution in [0.1, 0.15) is 54.0 Å². The van der Waals surface area contributed by atoms with E-state index in [9.17, 15) is 4.79 Å². The summed E-state index contributed by atoms with van der Waals surface area (Å²) in [7, 11) is 0. The third-order valence-corrected chi connectivity index (χ3v) is 5.28. The van der Waals surface area contributed by atoms with Crippen molar-refractivity contribution in [1.29, 1.82) is 0 Å². The Bertz CT molecular complexity index is 734. The number of nitrogens with two attached hydrogens (primary N) is 1. The SMILES string of the molecule is Cc1ccc(C(N)C(=O)NCc2cccc(CN3CCCCCC3)c2)cc1. The number of likely N-dealkylation sites (tertiary alicyclic amines) is 1. The van der Waals surface area contributed by atoms with Crippen LogP contribution in [0.25, 0.3) is 0 Å². The van der Waals surface area contributed by atoms with Crippen molar-refractivity contribution in [2.24, 2.45) is 5.73 Å². The molecule has 0 spiro atoms. The van der Waals surface area contributed by atoms with Crippen molar-refractivity contribution in [2.75, 3.05) is 13.1 Å². The third-order valence-electron chi connectivity index (χ3n) is 5.28. The third kappa shape index (κ3) is 5.91. The number of hydrogen-bond donors (Lipinski definition) is 2. The molecule has 1 fully saturated rings. The van der Waals surface area contributed by atoms with E-state index in [2.05, 4.69) is 34.5 Å². The number of benzene rings is 2. The fourth-order valence-electron chi connectivity index (χ4n) is 3.61. The summed E-state index contributed by atoms with van der Waals surface area (Å²) >= 11 is 0. The first-order valence-corrected chi connectivity index (χ1v) is 10.0. The van der Waals surface area contributed by atoms with Gasteiger partial charge in [0.1, 0.15) is 6.04 Å². The van der Waals surface area contributed by atoms with Crippen LogP contribution in [-0.2, 0) is 17.9 Å². The van der Waals surface area contributed by atoms with Gasteiger partial charge in [0.05, 0.1) is 0 Å². The highest BCUT2D eigenvalue weighted by Gasteiger charge is 2.15. The van der Waals surface area contributed by atoms with Gasteiger partial charge in [0.2, 0.25) is 5.91 Å². The molecule has 1 aliphatic rings. The van der Waals surface area contributed by atoms with Gasteiger partial charge in [-0.25, -0.2) is 0 Å². The second-order valence-electron chi connectivity index (χ2n) is 7.62. The largest absolute Gasteiger partial charge is 0.350 e.